The van der Waals surface area contributed by atoms with Gasteiger partial charge in [0.05, 0.1) is 6.10 Å². The van der Waals surface area contributed by atoms with Gasteiger partial charge >= 0.3 is 0 Å². The summed E-state index contributed by atoms with van der Waals surface area (Å²) >= 11 is 0. The van der Waals surface area contributed by atoms with E-state index < -0.39 is 53.9 Å². The number of benzene rings is 1. The zero-order valence-corrected chi connectivity index (χ0v) is 75.2. The molecule has 0 unspecified atom stereocenters. The van der Waals surface area contributed by atoms with E-state index in [0.717, 1.165) is 55.3 Å². The summed E-state index contributed by atoms with van der Waals surface area (Å²) in [5.41, 5.74) is 23.9. The average Bonchev–Trinajstić information content (AvgIpc) is 0.836. The number of rotatable bonds is 20. The van der Waals surface area contributed by atoms with Gasteiger partial charge in [0, 0.05) is 27.1 Å². The molecule has 0 aromatic heterocycles. The summed E-state index contributed by atoms with van der Waals surface area (Å²) in [6.07, 6.45) is 10.5. The minimum absolute atomic E-state index is 0. The minimum Gasteiger partial charge on any atom is -0.391 e. The lowest BCUT2D eigenvalue weighted by Crippen LogP contribution is -2.61. The number of aliphatic hydroxyl groups is 1. The molecule has 1 saturated heterocycles. The van der Waals surface area contributed by atoms with E-state index in [-0.39, 0.29) is 48.3 Å². The molecule has 107 heavy (non-hydrogen) atoms. The van der Waals surface area contributed by atoms with E-state index >= 15 is 0 Å². The molecule has 0 aliphatic carbocycles. The lowest BCUT2D eigenvalue weighted by atomic mass is 9.95. The number of nitrogens with one attached hydrogen (secondary N) is 3. The van der Waals surface area contributed by atoms with Gasteiger partial charge in [-0.1, -0.05) is 235 Å². The molecule has 1 aliphatic rings. The fraction of sp³-hybridized carbons (Fsp3) is 0.744. The Hall–Kier alpha value is -6.80. The number of aliphatic hydroxyl groups excluding tert-OH is 1. The summed E-state index contributed by atoms with van der Waals surface area (Å²) in [6.45, 7) is 72.7. The Bertz CT molecular complexity index is 1610. The van der Waals surface area contributed by atoms with E-state index in [1.165, 1.54) is 98.7 Å². The van der Waals surface area contributed by atoms with Gasteiger partial charge in [-0.15, -0.1) is 0 Å². The summed E-state index contributed by atoms with van der Waals surface area (Å²) in [4.78, 5) is 140. The topological polar surface area (TPSA) is 572 Å². The predicted molar refractivity (Wildman–Crippen MR) is 461 cm³/mol. The number of piperidine rings is 1. The van der Waals surface area contributed by atoms with Crippen LogP contribution in [0.15, 0.2) is 30.3 Å². The molecule has 1 aromatic carbocycles. The van der Waals surface area contributed by atoms with Gasteiger partial charge in [-0.3, -0.25) is 24.0 Å². The first-order valence-electron chi connectivity index (χ1n) is 35.5. The van der Waals surface area contributed by atoms with Crippen molar-refractivity contribution in [2.45, 2.75) is 281 Å². The molecule has 656 valence electrons. The minimum atomic E-state index is -1.22. The summed E-state index contributed by atoms with van der Waals surface area (Å²) in [5, 5.41) is 18.3. The largest absolute Gasteiger partial charge is 0.391 e. The van der Waals surface area contributed by atoms with Crippen molar-refractivity contribution < 1.29 is 72.2 Å². The van der Waals surface area contributed by atoms with E-state index in [1.807, 2.05) is 127 Å². The molecule has 0 spiro atoms. The van der Waals surface area contributed by atoms with Gasteiger partial charge in [-0.25, -0.2) is 0 Å². The summed E-state index contributed by atoms with van der Waals surface area (Å²) < 4.78 is 0. The van der Waals surface area contributed by atoms with Crippen LogP contribution >= 0.6 is 0 Å². The third kappa shape index (κ3) is 149. The number of hydrogen-bond acceptors (Lipinski definition) is 24. The molecule has 2 rings (SSSR count). The van der Waals surface area contributed by atoms with Crippen LogP contribution in [0.5, 0.6) is 0 Å². The van der Waals surface area contributed by atoms with Gasteiger partial charge in [0.1, 0.15) is 85.3 Å². The van der Waals surface area contributed by atoms with Crippen molar-refractivity contribution in [2.75, 3.05) is 55.4 Å². The van der Waals surface area contributed by atoms with Crippen LogP contribution in [0, 0.1) is 47.3 Å². The number of likely N-dealkylation sites (tertiary alicyclic amines) is 1. The third-order valence-electron chi connectivity index (χ3n) is 12.9. The van der Waals surface area contributed by atoms with Crippen LogP contribution in [0.3, 0.4) is 0 Å². The number of amides is 5. The first-order chi connectivity index (χ1) is 48.9. The second-order valence-electron chi connectivity index (χ2n) is 22.9. The van der Waals surface area contributed by atoms with Gasteiger partial charge in [0.25, 0.3) is 0 Å². The van der Waals surface area contributed by atoms with Crippen molar-refractivity contribution >= 4 is 90.6 Å². The molecule has 0 radical (unpaired) electrons. The summed E-state index contributed by atoms with van der Waals surface area (Å²) in [6, 6.07) is 6.66. The molecule has 29 heteroatoms. The van der Waals surface area contributed by atoms with E-state index in [4.69, 9.17) is 43.2 Å². The first kappa shape index (κ1) is 170. The molecular weight excluding hydrogens is 1370 g/mol. The summed E-state index contributed by atoms with van der Waals surface area (Å²) in [7, 11) is 8.95. The van der Waals surface area contributed by atoms with Crippen LogP contribution in [0.25, 0.3) is 0 Å². The number of nitrogens with zero attached hydrogens (tertiary/aromatic N) is 2. The quantitative estimate of drug-likeness (QED) is 0.0576. The second kappa shape index (κ2) is 161. The fourth-order valence-corrected chi connectivity index (χ4v) is 5.60. The highest BCUT2D eigenvalue weighted by Crippen LogP contribution is 2.18. The maximum atomic E-state index is 13.6. The Morgan fingerprint density at radius 2 is 0.682 bits per heavy atom. The maximum Gasteiger partial charge on any atom is 0.248 e. The van der Waals surface area contributed by atoms with Crippen LogP contribution in [-0.4, -0.2) is 191 Å². The number of carbonyl (C=O) groups excluding carboxylic acids is 14. The number of hydrogen-bond donors (Lipinski definition) is 13. The standard InChI is InChI=1S/C29H53N5O6.C8H10.5C5H12.C2H6.5CH5N.9CH2O.4H3N/c1-10-19(6)24(29(40)34-14-12-11-13-15-34)32-27(38)23(18(4)5)31-26(37)22(16-17(2)3)33(9)28(39)25(20(7)35)30-21(8)36;1-2-8-6-4-3-5-7-8;5*1-4-5(2)3;15*1-2;;;;/h17-20,22-25,35H,10-16H2,1-9H3,(H,30,36)(H,31,37)(H,32,38);3-7H,2H2,1H3;5*5H,4H2,1-3H3;1-2H3;5*2H2,1H3;9*1H2;4*1H3/t19-,20+,22-,23-,24-,25-;;;;;;;;;;;;;;;;;;;;;;;;;/m0........................./s1. The Balaban J connectivity index is -0.0000000384. The Labute approximate surface area is 658 Å². The Morgan fingerprint density at radius 1 is 0.421 bits per heavy atom. The van der Waals surface area contributed by atoms with Crippen molar-refractivity contribution in [1.29, 1.82) is 0 Å². The highest BCUT2D eigenvalue weighted by atomic mass is 16.3. The van der Waals surface area contributed by atoms with Crippen LogP contribution < -0.4 is 69.2 Å². The van der Waals surface area contributed by atoms with Gasteiger partial charge in [0.2, 0.25) is 29.5 Å². The molecular formula is C78H184N14O15. The monoisotopic (exact) mass is 1560 g/mol. The first-order valence-corrected chi connectivity index (χ1v) is 35.5. The highest BCUT2D eigenvalue weighted by Gasteiger charge is 2.38. The molecule has 1 heterocycles. The van der Waals surface area contributed by atoms with E-state index in [2.05, 4.69) is 180 Å². The van der Waals surface area contributed by atoms with Crippen LogP contribution in [0.1, 0.15) is 250 Å². The predicted octanol–water partition coefficient (Wildman–Crippen LogP) is 11.8. The number of nitrogens with two attached hydrogens (primary N) is 5. The maximum absolute atomic E-state index is 13.6. The van der Waals surface area contributed by atoms with Gasteiger partial charge in [-0.2, -0.15) is 0 Å². The van der Waals surface area contributed by atoms with E-state index in [9.17, 15) is 29.1 Å². The van der Waals surface area contributed by atoms with Crippen LogP contribution in [0.2, 0.25) is 0 Å². The molecule has 26 N–H and O–H groups in total. The van der Waals surface area contributed by atoms with Crippen molar-refractivity contribution in [2.24, 2.45) is 76.0 Å². The fourth-order valence-electron chi connectivity index (χ4n) is 5.60. The number of aryl methyl sites for hydroxylation is 1. The van der Waals surface area contributed by atoms with Crippen molar-refractivity contribution in [1.82, 2.24) is 50.4 Å². The van der Waals surface area contributed by atoms with E-state index in [0.29, 0.717) is 25.9 Å². The Morgan fingerprint density at radius 3 is 0.879 bits per heavy atom. The molecule has 1 aromatic rings. The normalized spacial score (nSPS) is 10.4. The van der Waals surface area contributed by atoms with Gasteiger partial charge in [-0.05, 0) is 127 Å². The molecule has 29 nitrogen and oxygen atoms in total. The Kier molecular flexibility index (Phi) is 255. The van der Waals surface area contributed by atoms with Crippen LogP contribution in [-0.2, 0) is 73.5 Å². The van der Waals surface area contributed by atoms with Crippen molar-refractivity contribution in [3.05, 3.63) is 35.9 Å². The second-order valence-corrected chi connectivity index (χ2v) is 22.9. The lowest BCUT2D eigenvalue weighted by molar-refractivity contribution is -0.145. The highest BCUT2D eigenvalue weighted by molar-refractivity contribution is 5.95. The van der Waals surface area contributed by atoms with Crippen LogP contribution in [0.4, 0.5) is 0 Å². The number of likely N-dealkylation sites (N-methyl/N-ethyl adjacent to an activating group) is 1. The third-order valence-corrected chi connectivity index (χ3v) is 12.9. The van der Waals surface area contributed by atoms with Crippen molar-refractivity contribution in [3.8, 4) is 0 Å². The molecule has 0 bridgehead atoms. The lowest BCUT2D eigenvalue weighted by Gasteiger charge is -2.35. The summed E-state index contributed by atoms with van der Waals surface area (Å²) in [5.74, 6) is 1.91. The van der Waals surface area contributed by atoms with Gasteiger partial charge in [0.15, 0.2) is 0 Å². The zero-order chi connectivity index (χ0) is 88.0. The molecule has 1 aliphatic heterocycles. The zero-order valence-electron chi connectivity index (χ0n) is 75.2. The van der Waals surface area contributed by atoms with Crippen molar-refractivity contribution in [3.63, 3.8) is 0 Å². The molecule has 0 saturated carbocycles. The van der Waals surface area contributed by atoms with Gasteiger partial charge < -0.3 is 127 Å². The molecule has 5 amide bonds. The average molecular weight is 1560 g/mol. The number of carbonyl (C=O) groups is 14. The molecule has 1 fully saturated rings. The van der Waals surface area contributed by atoms with E-state index in [1.54, 1.807) is 0 Å². The molecule has 6 atom stereocenters. The smallest absolute Gasteiger partial charge is 0.248 e. The SMILES string of the molecule is C=O.C=O.C=O.C=O.C=O.C=O.C=O.C=O.C=O.CC.CCC(C)C.CCC(C)C.CCC(C)C.CCC(C)C.CCC(C)C.CC[C@H](C)[C@H](NC(=O)[C@@H](NC(=O)[C@H](CC(C)C)N(C)C(=O)[C@@H](NC(C)=O)[C@@H](C)O)C(C)C)C(=O)N1CCCCC1.CCc1ccccc1.CN.CN.CN.CN.CN.N.N.N.N.